The molecule has 108 valence electrons. The summed E-state index contributed by atoms with van der Waals surface area (Å²) in [6.07, 6.45) is 11.7. The molecule has 3 atom stereocenters. The van der Waals surface area contributed by atoms with Crippen LogP contribution in [0.25, 0.3) is 6.08 Å². The molecular weight excluding hydrogens is 262 g/mol. The van der Waals surface area contributed by atoms with Crippen LogP contribution in [0.3, 0.4) is 0 Å². The van der Waals surface area contributed by atoms with Crippen molar-refractivity contribution in [2.75, 3.05) is 20.7 Å². The van der Waals surface area contributed by atoms with Crippen LogP contribution in [0.2, 0.25) is 0 Å². The second kappa shape index (κ2) is 3.53. The van der Waals surface area contributed by atoms with E-state index in [4.69, 9.17) is 9.47 Å². The lowest BCUT2D eigenvalue weighted by Crippen LogP contribution is -2.59. The Labute approximate surface area is 124 Å². The molecule has 1 aromatic carbocycles. The van der Waals surface area contributed by atoms with Gasteiger partial charge in [-0.1, -0.05) is 30.4 Å². The normalized spacial score (nSPS) is 38.1. The van der Waals surface area contributed by atoms with Gasteiger partial charge in [0, 0.05) is 18.5 Å². The van der Waals surface area contributed by atoms with Gasteiger partial charge in [0.05, 0.1) is 18.1 Å². The number of nitrogens with zero attached hydrogens (tertiary/aromatic N) is 1. The van der Waals surface area contributed by atoms with Crippen molar-refractivity contribution in [2.24, 2.45) is 0 Å². The van der Waals surface area contributed by atoms with Crippen molar-refractivity contribution in [1.29, 1.82) is 0 Å². The van der Waals surface area contributed by atoms with Crippen molar-refractivity contribution in [3.63, 3.8) is 0 Å². The third kappa shape index (κ3) is 1.07. The first kappa shape index (κ1) is 11.9. The van der Waals surface area contributed by atoms with Gasteiger partial charge in [0.2, 0.25) is 0 Å². The van der Waals surface area contributed by atoms with E-state index in [9.17, 15) is 0 Å². The summed E-state index contributed by atoms with van der Waals surface area (Å²) in [4.78, 5) is 2.48. The highest BCUT2D eigenvalue weighted by Gasteiger charge is 2.67. The average molecular weight is 281 g/mol. The van der Waals surface area contributed by atoms with Crippen LogP contribution in [0.1, 0.15) is 24.0 Å². The Morgan fingerprint density at radius 2 is 2.24 bits per heavy atom. The Bertz CT molecular complexity index is 707. The SMILES string of the molecule is COc1ccc2c3c1OC1CC=CC4(C=C2)N(C)CCC314. The Morgan fingerprint density at radius 3 is 3.10 bits per heavy atom. The summed E-state index contributed by atoms with van der Waals surface area (Å²) in [6.45, 7) is 1.10. The lowest BCUT2D eigenvalue weighted by Gasteiger charge is -2.49. The molecule has 0 N–H and O–H groups in total. The molecule has 1 saturated heterocycles. The first-order valence-electron chi connectivity index (χ1n) is 7.69. The van der Waals surface area contributed by atoms with E-state index >= 15 is 0 Å². The number of rotatable bonds is 1. The predicted molar refractivity (Wildman–Crippen MR) is 81.9 cm³/mol. The molecule has 2 aliphatic carbocycles. The van der Waals surface area contributed by atoms with E-state index < -0.39 is 0 Å². The molecule has 0 saturated carbocycles. The monoisotopic (exact) mass is 281 g/mol. The molecule has 1 spiro atoms. The Balaban J connectivity index is 1.89. The largest absolute Gasteiger partial charge is 0.493 e. The lowest BCUT2D eigenvalue weighted by atomic mass is 9.57. The summed E-state index contributed by atoms with van der Waals surface area (Å²) in [5.74, 6) is 1.85. The maximum Gasteiger partial charge on any atom is 0.166 e. The molecule has 0 amide bonds. The third-order valence-corrected chi connectivity index (χ3v) is 6.06. The van der Waals surface area contributed by atoms with Crippen molar-refractivity contribution in [3.05, 3.63) is 41.5 Å². The molecule has 5 rings (SSSR count). The maximum atomic E-state index is 6.43. The number of hydrogen-bond acceptors (Lipinski definition) is 3. The lowest BCUT2D eigenvalue weighted by molar-refractivity contribution is 0.0874. The molecule has 0 radical (unpaired) electrons. The molecule has 0 aromatic heterocycles. The predicted octanol–water partition coefficient (Wildman–Crippen LogP) is 2.76. The summed E-state index contributed by atoms with van der Waals surface area (Å²) in [7, 11) is 3.96. The van der Waals surface area contributed by atoms with Crippen LogP contribution in [-0.4, -0.2) is 37.2 Å². The van der Waals surface area contributed by atoms with Gasteiger partial charge in [-0.2, -0.15) is 0 Å². The van der Waals surface area contributed by atoms with Gasteiger partial charge in [-0.3, -0.25) is 4.90 Å². The molecule has 1 fully saturated rings. The average Bonchev–Trinajstić information content (AvgIpc) is 3.01. The number of ether oxygens (including phenoxy) is 2. The van der Waals surface area contributed by atoms with Crippen molar-refractivity contribution >= 4 is 6.08 Å². The minimum Gasteiger partial charge on any atom is -0.493 e. The highest BCUT2D eigenvalue weighted by atomic mass is 16.5. The van der Waals surface area contributed by atoms with E-state index in [-0.39, 0.29) is 17.1 Å². The molecule has 21 heavy (non-hydrogen) atoms. The number of likely N-dealkylation sites (tertiary alicyclic amines) is 1. The molecular formula is C18H19NO2. The molecule has 0 bridgehead atoms. The summed E-state index contributed by atoms with van der Waals surface area (Å²) in [5.41, 5.74) is 2.71. The fourth-order valence-corrected chi connectivity index (χ4v) is 5.12. The van der Waals surface area contributed by atoms with Gasteiger partial charge in [-0.25, -0.2) is 0 Å². The Kier molecular flexibility index (Phi) is 1.99. The van der Waals surface area contributed by atoms with Crippen LogP contribution in [-0.2, 0) is 5.41 Å². The van der Waals surface area contributed by atoms with Crippen molar-refractivity contribution < 1.29 is 9.47 Å². The van der Waals surface area contributed by atoms with Crippen LogP contribution in [0.5, 0.6) is 11.5 Å². The van der Waals surface area contributed by atoms with E-state index in [0.29, 0.717) is 0 Å². The van der Waals surface area contributed by atoms with Gasteiger partial charge >= 0.3 is 0 Å². The summed E-state index contributed by atoms with van der Waals surface area (Å²) in [6, 6.07) is 4.21. The number of likely N-dealkylation sites (N-methyl/N-ethyl adjacent to an activating group) is 1. The van der Waals surface area contributed by atoms with Crippen LogP contribution in [0.4, 0.5) is 0 Å². The highest BCUT2D eigenvalue weighted by molar-refractivity contribution is 5.74. The topological polar surface area (TPSA) is 21.7 Å². The van der Waals surface area contributed by atoms with E-state index in [1.54, 1.807) is 7.11 Å². The maximum absolute atomic E-state index is 6.43. The fourth-order valence-electron chi connectivity index (χ4n) is 5.12. The van der Waals surface area contributed by atoms with E-state index in [0.717, 1.165) is 30.9 Å². The zero-order valence-electron chi connectivity index (χ0n) is 12.4. The van der Waals surface area contributed by atoms with Crippen LogP contribution < -0.4 is 9.47 Å². The van der Waals surface area contributed by atoms with Crippen molar-refractivity contribution in [3.8, 4) is 11.5 Å². The molecule has 3 nitrogen and oxygen atoms in total. The molecule has 2 aliphatic heterocycles. The number of methoxy groups -OCH3 is 1. The van der Waals surface area contributed by atoms with E-state index in [1.807, 2.05) is 6.07 Å². The molecule has 4 aliphatic rings. The standard InChI is InChI=1S/C18H19NO2/c1-19-11-10-18-14-4-3-8-17(18,19)9-7-12-5-6-13(20-2)16(21-14)15(12)18/h3,5-9,14H,4,10-11H2,1-2H3. The van der Waals surface area contributed by atoms with Gasteiger partial charge in [0.1, 0.15) is 6.10 Å². The Morgan fingerprint density at radius 1 is 1.33 bits per heavy atom. The Hall–Kier alpha value is -1.74. The van der Waals surface area contributed by atoms with Gasteiger partial charge in [0.25, 0.3) is 0 Å². The van der Waals surface area contributed by atoms with Crippen molar-refractivity contribution in [2.45, 2.75) is 29.9 Å². The molecule has 3 unspecified atom stereocenters. The summed E-state index contributed by atoms with van der Waals surface area (Å²) in [5, 5.41) is 0. The zero-order valence-corrected chi connectivity index (χ0v) is 12.4. The van der Waals surface area contributed by atoms with Crippen LogP contribution in [0.15, 0.2) is 30.4 Å². The second-order valence-electron chi connectivity index (χ2n) is 6.61. The molecule has 3 heteroatoms. The quantitative estimate of drug-likeness (QED) is 0.739. The second-order valence-corrected chi connectivity index (χ2v) is 6.61. The zero-order chi connectivity index (χ0) is 14.2. The highest BCUT2D eigenvalue weighted by Crippen LogP contribution is 2.64. The minimum absolute atomic E-state index is 0.0273. The van der Waals surface area contributed by atoms with Gasteiger partial charge in [-0.15, -0.1) is 0 Å². The van der Waals surface area contributed by atoms with Gasteiger partial charge < -0.3 is 9.47 Å². The summed E-state index contributed by atoms with van der Waals surface area (Å²) >= 11 is 0. The van der Waals surface area contributed by atoms with Gasteiger partial charge in [-0.05, 0) is 25.1 Å². The third-order valence-electron chi connectivity index (χ3n) is 6.06. The van der Waals surface area contributed by atoms with E-state index in [1.165, 1.54) is 11.1 Å². The molecule has 1 aromatic rings. The first-order valence-corrected chi connectivity index (χ1v) is 7.69. The van der Waals surface area contributed by atoms with Crippen LogP contribution >= 0.6 is 0 Å². The van der Waals surface area contributed by atoms with Gasteiger partial charge in [0.15, 0.2) is 11.5 Å². The fraction of sp³-hybridized carbons (Fsp3) is 0.444. The van der Waals surface area contributed by atoms with E-state index in [2.05, 4.69) is 42.3 Å². The smallest absolute Gasteiger partial charge is 0.166 e. The van der Waals surface area contributed by atoms with Crippen molar-refractivity contribution in [1.82, 2.24) is 4.90 Å². The number of benzene rings is 1. The minimum atomic E-state index is -0.0273. The first-order chi connectivity index (χ1) is 10.2. The van der Waals surface area contributed by atoms with Crippen LogP contribution in [0, 0.1) is 0 Å². The number of hydrogen-bond donors (Lipinski definition) is 0. The molecule has 2 heterocycles. The summed E-state index contributed by atoms with van der Waals surface area (Å²) < 4.78 is 12.0.